The number of hydrogen-bond donors (Lipinski definition) is 1. The molecule has 0 saturated carbocycles. The first-order valence-electron chi connectivity index (χ1n) is 5.86. The summed E-state index contributed by atoms with van der Waals surface area (Å²) in [6.07, 6.45) is 0.864. The van der Waals surface area contributed by atoms with E-state index in [2.05, 4.69) is 5.32 Å². The highest BCUT2D eigenvalue weighted by atomic mass is 19.1. The Hall–Kier alpha value is -1.69. The highest BCUT2D eigenvalue weighted by Gasteiger charge is 2.18. The number of hydrogen-bond acceptors (Lipinski definition) is 4. The number of rotatable bonds is 5. The van der Waals surface area contributed by atoms with Gasteiger partial charge in [-0.1, -0.05) is 0 Å². The number of nitrogens with one attached hydrogen (secondary N) is 1. The van der Waals surface area contributed by atoms with Gasteiger partial charge in [0.2, 0.25) is 0 Å². The van der Waals surface area contributed by atoms with Crippen molar-refractivity contribution in [2.45, 2.75) is 13.3 Å². The predicted molar refractivity (Wildman–Crippen MR) is 64.3 cm³/mol. The standard InChI is InChI=1S/C12H15FN2O3/c1-8-4-12(10(13)5-11(8)15(16)17)18-3-2-9-6-14-7-9/h4-5,9,14H,2-3,6-7H2,1H3. The van der Waals surface area contributed by atoms with E-state index in [1.165, 1.54) is 6.07 Å². The fourth-order valence-electron chi connectivity index (χ4n) is 1.84. The van der Waals surface area contributed by atoms with Gasteiger partial charge in [0.1, 0.15) is 0 Å². The number of aryl methyl sites for hydroxylation is 1. The van der Waals surface area contributed by atoms with Gasteiger partial charge in [-0.3, -0.25) is 10.1 Å². The molecule has 0 spiro atoms. The zero-order chi connectivity index (χ0) is 13.1. The van der Waals surface area contributed by atoms with Crippen molar-refractivity contribution in [3.05, 3.63) is 33.6 Å². The lowest BCUT2D eigenvalue weighted by Crippen LogP contribution is -2.42. The van der Waals surface area contributed by atoms with Crippen LogP contribution < -0.4 is 10.1 Å². The largest absolute Gasteiger partial charge is 0.490 e. The summed E-state index contributed by atoms with van der Waals surface area (Å²) in [6, 6.07) is 2.29. The first-order chi connectivity index (χ1) is 8.58. The molecule has 0 unspecified atom stereocenters. The first kappa shape index (κ1) is 12.8. The molecule has 0 radical (unpaired) electrons. The monoisotopic (exact) mass is 254 g/mol. The Bertz CT molecular complexity index is 461. The molecule has 0 atom stereocenters. The van der Waals surface area contributed by atoms with Crippen LogP contribution in [0.15, 0.2) is 12.1 Å². The second-order valence-corrected chi connectivity index (χ2v) is 4.49. The SMILES string of the molecule is Cc1cc(OCCC2CNC2)c(F)cc1[N+](=O)[O-]. The molecule has 6 heteroatoms. The maximum Gasteiger partial charge on any atom is 0.275 e. The molecule has 1 aliphatic heterocycles. The fraction of sp³-hybridized carbons (Fsp3) is 0.500. The molecule has 1 fully saturated rings. The van der Waals surface area contributed by atoms with Gasteiger partial charge in [-0.25, -0.2) is 4.39 Å². The highest BCUT2D eigenvalue weighted by molar-refractivity contribution is 5.45. The van der Waals surface area contributed by atoms with E-state index in [0.29, 0.717) is 18.1 Å². The number of nitro benzene ring substituents is 1. The van der Waals surface area contributed by atoms with Gasteiger partial charge < -0.3 is 10.1 Å². The molecule has 1 aromatic rings. The predicted octanol–water partition coefficient (Wildman–Crippen LogP) is 2.03. The molecule has 5 nitrogen and oxygen atoms in total. The topological polar surface area (TPSA) is 64.4 Å². The molecule has 0 aromatic heterocycles. The molecule has 18 heavy (non-hydrogen) atoms. The van der Waals surface area contributed by atoms with Crippen molar-refractivity contribution in [1.82, 2.24) is 5.32 Å². The van der Waals surface area contributed by atoms with Gasteiger partial charge in [-0.05, 0) is 38.4 Å². The van der Waals surface area contributed by atoms with Crippen LogP contribution in [0.3, 0.4) is 0 Å². The van der Waals surface area contributed by atoms with E-state index in [1.54, 1.807) is 6.92 Å². The Kier molecular flexibility index (Phi) is 3.76. The molecule has 1 saturated heterocycles. The van der Waals surface area contributed by atoms with Crippen molar-refractivity contribution in [2.75, 3.05) is 19.7 Å². The van der Waals surface area contributed by atoms with E-state index < -0.39 is 10.7 Å². The smallest absolute Gasteiger partial charge is 0.275 e. The van der Waals surface area contributed by atoms with Crippen LogP contribution in [-0.4, -0.2) is 24.6 Å². The Morgan fingerprint density at radius 3 is 2.83 bits per heavy atom. The maximum atomic E-state index is 13.6. The summed E-state index contributed by atoms with van der Waals surface area (Å²) in [5.41, 5.74) is 0.185. The summed E-state index contributed by atoms with van der Waals surface area (Å²) in [5, 5.41) is 13.8. The molecule has 2 rings (SSSR count). The Morgan fingerprint density at radius 1 is 1.56 bits per heavy atom. The molecular formula is C12H15FN2O3. The maximum absolute atomic E-state index is 13.6. The van der Waals surface area contributed by atoms with Gasteiger partial charge in [0, 0.05) is 5.56 Å². The van der Waals surface area contributed by atoms with Crippen molar-refractivity contribution >= 4 is 5.69 Å². The summed E-state index contributed by atoms with van der Waals surface area (Å²) in [7, 11) is 0. The highest BCUT2D eigenvalue weighted by Crippen LogP contribution is 2.27. The van der Waals surface area contributed by atoms with Crippen LogP contribution in [0.25, 0.3) is 0 Å². The quantitative estimate of drug-likeness (QED) is 0.645. The fourth-order valence-corrected chi connectivity index (χ4v) is 1.84. The molecule has 0 amide bonds. The van der Waals surface area contributed by atoms with Gasteiger partial charge in [-0.15, -0.1) is 0 Å². The van der Waals surface area contributed by atoms with E-state index in [0.717, 1.165) is 25.6 Å². The summed E-state index contributed by atoms with van der Waals surface area (Å²) < 4.78 is 18.9. The lowest BCUT2D eigenvalue weighted by Gasteiger charge is -2.26. The third kappa shape index (κ3) is 2.76. The van der Waals surface area contributed by atoms with Gasteiger partial charge in [-0.2, -0.15) is 0 Å². The second-order valence-electron chi connectivity index (χ2n) is 4.49. The number of ether oxygens (including phenoxy) is 1. The zero-order valence-electron chi connectivity index (χ0n) is 10.1. The van der Waals surface area contributed by atoms with E-state index in [9.17, 15) is 14.5 Å². The first-order valence-corrected chi connectivity index (χ1v) is 5.86. The van der Waals surface area contributed by atoms with Crippen LogP contribution in [0.1, 0.15) is 12.0 Å². The van der Waals surface area contributed by atoms with Crippen LogP contribution in [0.4, 0.5) is 10.1 Å². The average molecular weight is 254 g/mol. The third-order valence-corrected chi connectivity index (χ3v) is 3.10. The summed E-state index contributed by atoms with van der Waals surface area (Å²) in [4.78, 5) is 10.0. The van der Waals surface area contributed by atoms with Crippen LogP contribution >= 0.6 is 0 Å². The Morgan fingerprint density at radius 2 is 2.28 bits per heavy atom. The molecule has 1 aliphatic rings. The molecule has 1 heterocycles. The van der Waals surface area contributed by atoms with Crippen LogP contribution in [0.2, 0.25) is 0 Å². The van der Waals surface area contributed by atoms with E-state index in [1.807, 2.05) is 0 Å². The Labute approximate surface area is 104 Å². The van der Waals surface area contributed by atoms with Crippen molar-refractivity contribution in [3.63, 3.8) is 0 Å². The van der Waals surface area contributed by atoms with E-state index in [-0.39, 0.29) is 11.4 Å². The van der Waals surface area contributed by atoms with Gasteiger partial charge in [0.15, 0.2) is 11.6 Å². The van der Waals surface area contributed by atoms with Gasteiger partial charge in [0.05, 0.1) is 17.6 Å². The normalized spacial score (nSPS) is 15.2. The number of benzene rings is 1. The molecule has 98 valence electrons. The molecule has 1 aromatic carbocycles. The lowest BCUT2D eigenvalue weighted by atomic mass is 10.0. The van der Waals surface area contributed by atoms with Crippen molar-refractivity contribution < 1.29 is 14.1 Å². The van der Waals surface area contributed by atoms with Gasteiger partial charge >= 0.3 is 0 Å². The van der Waals surface area contributed by atoms with Crippen LogP contribution in [0.5, 0.6) is 5.75 Å². The minimum atomic E-state index is -0.681. The molecule has 0 bridgehead atoms. The molecule has 0 aliphatic carbocycles. The third-order valence-electron chi connectivity index (χ3n) is 3.10. The molecular weight excluding hydrogens is 239 g/mol. The lowest BCUT2D eigenvalue weighted by molar-refractivity contribution is -0.385. The minimum Gasteiger partial charge on any atom is -0.490 e. The van der Waals surface area contributed by atoms with Crippen molar-refractivity contribution in [2.24, 2.45) is 5.92 Å². The summed E-state index contributed by atoms with van der Waals surface area (Å²) in [5.74, 6) is -0.00313. The summed E-state index contributed by atoms with van der Waals surface area (Å²) in [6.45, 7) is 3.96. The van der Waals surface area contributed by atoms with Crippen molar-refractivity contribution in [1.29, 1.82) is 0 Å². The zero-order valence-corrected chi connectivity index (χ0v) is 10.1. The Balaban J connectivity index is 1.99. The number of nitro groups is 1. The molecule has 1 N–H and O–H groups in total. The van der Waals surface area contributed by atoms with Gasteiger partial charge in [0.25, 0.3) is 5.69 Å². The van der Waals surface area contributed by atoms with E-state index >= 15 is 0 Å². The average Bonchev–Trinajstić information content (AvgIpc) is 2.25. The van der Waals surface area contributed by atoms with Crippen LogP contribution in [0, 0.1) is 28.8 Å². The number of halogens is 1. The minimum absolute atomic E-state index is 0.0883. The van der Waals surface area contributed by atoms with Crippen LogP contribution in [-0.2, 0) is 0 Å². The van der Waals surface area contributed by atoms with Crippen molar-refractivity contribution in [3.8, 4) is 5.75 Å². The summed E-state index contributed by atoms with van der Waals surface area (Å²) >= 11 is 0. The number of nitrogens with zero attached hydrogens (tertiary/aromatic N) is 1. The van der Waals surface area contributed by atoms with E-state index in [4.69, 9.17) is 4.74 Å². The second kappa shape index (κ2) is 5.30.